The van der Waals surface area contributed by atoms with Crippen LogP contribution in [0.4, 0.5) is 0 Å². The summed E-state index contributed by atoms with van der Waals surface area (Å²) in [4.78, 5) is 12.0. The van der Waals surface area contributed by atoms with Gasteiger partial charge in [0.05, 0.1) is 17.1 Å². The summed E-state index contributed by atoms with van der Waals surface area (Å²) in [6.45, 7) is 0. The van der Waals surface area contributed by atoms with E-state index in [2.05, 4.69) is 0 Å². The van der Waals surface area contributed by atoms with E-state index in [1.54, 1.807) is 23.5 Å². The molecule has 1 saturated heterocycles. The van der Waals surface area contributed by atoms with Gasteiger partial charge in [0, 0.05) is 4.70 Å². The summed E-state index contributed by atoms with van der Waals surface area (Å²) in [5.74, 6) is -0.399. The number of benzene rings is 1. The van der Waals surface area contributed by atoms with Crippen molar-refractivity contribution in [1.29, 1.82) is 0 Å². The number of esters is 1. The lowest BCUT2D eigenvalue weighted by molar-refractivity contribution is 0.0356. The summed E-state index contributed by atoms with van der Waals surface area (Å²) in [6.07, 6.45) is -0.106. The van der Waals surface area contributed by atoms with Crippen molar-refractivity contribution in [2.75, 3.05) is 11.5 Å². The molecule has 0 bridgehead atoms. The molecule has 1 aromatic carbocycles. The summed E-state index contributed by atoms with van der Waals surface area (Å²) >= 11 is 1.61. The second-order valence-electron chi connectivity index (χ2n) is 4.60. The Morgan fingerprint density at radius 1 is 1.32 bits per heavy atom. The van der Waals surface area contributed by atoms with E-state index in [-0.39, 0.29) is 11.5 Å². The van der Waals surface area contributed by atoms with Crippen LogP contribution in [0, 0.1) is 0 Å². The average Bonchev–Trinajstić information content (AvgIpc) is 2.94. The Morgan fingerprint density at radius 2 is 2.16 bits per heavy atom. The van der Waals surface area contributed by atoms with Crippen LogP contribution in [0.5, 0.6) is 0 Å². The molecular weight excluding hydrogens is 284 g/mol. The van der Waals surface area contributed by atoms with Crippen molar-refractivity contribution < 1.29 is 17.9 Å². The van der Waals surface area contributed by atoms with Gasteiger partial charge in [-0.2, -0.15) is 0 Å². The van der Waals surface area contributed by atoms with Gasteiger partial charge in [0.1, 0.15) is 6.10 Å². The number of sulfone groups is 1. The molecular formula is C13H12O4S2. The molecule has 0 amide bonds. The highest BCUT2D eigenvalue weighted by molar-refractivity contribution is 7.91. The van der Waals surface area contributed by atoms with Crippen LogP contribution in [0.1, 0.15) is 16.8 Å². The van der Waals surface area contributed by atoms with Gasteiger partial charge in [-0.1, -0.05) is 0 Å². The molecule has 100 valence electrons. The standard InChI is InChI=1S/C13H12O4S2/c14-13(17-11-4-6-19(15,16)8-11)10-1-2-12-9(7-10)3-5-18-12/h1-3,5,7,11H,4,6,8H2. The van der Waals surface area contributed by atoms with Crippen LogP contribution in [0.2, 0.25) is 0 Å². The summed E-state index contributed by atoms with van der Waals surface area (Å²) in [7, 11) is -3.02. The van der Waals surface area contributed by atoms with Gasteiger partial charge in [0.15, 0.2) is 9.84 Å². The highest BCUT2D eigenvalue weighted by Crippen LogP contribution is 2.23. The van der Waals surface area contributed by atoms with Gasteiger partial charge in [0.2, 0.25) is 0 Å². The van der Waals surface area contributed by atoms with Gasteiger partial charge >= 0.3 is 5.97 Å². The second kappa shape index (κ2) is 4.61. The molecule has 1 aromatic heterocycles. The zero-order valence-corrected chi connectivity index (χ0v) is 11.7. The first kappa shape index (κ1) is 12.6. The highest BCUT2D eigenvalue weighted by atomic mass is 32.2. The van der Waals surface area contributed by atoms with E-state index in [1.165, 1.54) is 0 Å². The smallest absolute Gasteiger partial charge is 0.338 e. The Kier molecular flexibility index (Phi) is 3.06. The van der Waals surface area contributed by atoms with Crippen LogP contribution in [-0.4, -0.2) is 32.0 Å². The van der Waals surface area contributed by atoms with E-state index in [4.69, 9.17) is 4.74 Å². The number of ether oxygens (including phenoxy) is 1. The molecule has 6 heteroatoms. The van der Waals surface area contributed by atoms with Gasteiger partial charge < -0.3 is 4.74 Å². The van der Waals surface area contributed by atoms with E-state index in [1.807, 2.05) is 17.5 Å². The highest BCUT2D eigenvalue weighted by Gasteiger charge is 2.30. The normalized spacial score (nSPS) is 21.6. The van der Waals surface area contributed by atoms with Gasteiger partial charge in [-0.05, 0) is 41.5 Å². The van der Waals surface area contributed by atoms with Gasteiger partial charge in [-0.25, -0.2) is 13.2 Å². The summed E-state index contributed by atoms with van der Waals surface area (Å²) < 4.78 is 29.0. The van der Waals surface area contributed by atoms with Crippen LogP contribution in [0.25, 0.3) is 10.1 Å². The topological polar surface area (TPSA) is 60.4 Å². The molecule has 2 aromatic rings. The fourth-order valence-electron chi connectivity index (χ4n) is 2.17. The predicted octanol–water partition coefficient (Wildman–Crippen LogP) is 2.25. The fourth-order valence-corrected chi connectivity index (χ4v) is 4.53. The Labute approximate surface area is 114 Å². The molecule has 4 nitrogen and oxygen atoms in total. The lowest BCUT2D eigenvalue weighted by Gasteiger charge is -2.10. The predicted molar refractivity (Wildman–Crippen MR) is 74.3 cm³/mol. The molecule has 2 heterocycles. The monoisotopic (exact) mass is 296 g/mol. The van der Waals surface area contributed by atoms with Gasteiger partial charge in [0.25, 0.3) is 0 Å². The maximum atomic E-state index is 12.0. The van der Waals surface area contributed by atoms with Crippen LogP contribution >= 0.6 is 11.3 Å². The Bertz CT molecular complexity index is 730. The number of hydrogen-bond donors (Lipinski definition) is 0. The maximum absolute atomic E-state index is 12.0. The molecule has 0 saturated carbocycles. The number of hydrogen-bond acceptors (Lipinski definition) is 5. The molecule has 1 aliphatic heterocycles. The third kappa shape index (κ3) is 2.64. The van der Waals surface area contributed by atoms with Gasteiger partial charge in [-0.15, -0.1) is 11.3 Å². The van der Waals surface area contributed by atoms with Crippen molar-refractivity contribution in [3.05, 3.63) is 35.2 Å². The number of carbonyl (C=O) groups is 1. The maximum Gasteiger partial charge on any atom is 0.338 e. The number of carbonyl (C=O) groups excluding carboxylic acids is 1. The number of fused-ring (bicyclic) bond motifs is 1. The van der Waals surface area contributed by atoms with E-state index in [0.717, 1.165) is 10.1 Å². The molecule has 1 atom stereocenters. The van der Waals surface area contributed by atoms with Crippen molar-refractivity contribution in [3.8, 4) is 0 Å². The molecule has 0 N–H and O–H groups in total. The molecule has 0 radical (unpaired) electrons. The van der Waals surface area contributed by atoms with E-state index in [9.17, 15) is 13.2 Å². The Morgan fingerprint density at radius 3 is 2.89 bits per heavy atom. The summed E-state index contributed by atoms with van der Waals surface area (Å²) in [5.41, 5.74) is 0.468. The van der Waals surface area contributed by atoms with Crippen LogP contribution < -0.4 is 0 Å². The van der Waals surface area contributed by atoms with Crippen molar-refractivity contribution in [3.63, 3.8) is 0 Å². The summed E-state index contributed by atoms with van der Waals surface area (Å²) in [5, 5.41) is 2.96. The third-order valence-corrected chi connectivity index (χ3v) is 5.79. The molecule has 1 fully saturated rings. The molecule has 1 aliphatic rings. The van der Waals surface area contributed by atoms with Crippen LogP contribution in [0.3, 0.4) is 0 Å². The Balaban J connectivity index is 1.76. The van der Waals surface area contributed by atoms with Crippen LogP contribution in [0.15, 0.2) is 29.6 Å². The first-order valence-corrected chi connectivity index (χ1v) is 8.62. The average molecular weight is 296 g/mol. The fraction of sp³-hybridized carbons (Fsp3) is 0.308. The van der Waals surface area contributed by atoms with Crippen molar-refractivity contribution in [2.45, 2.75) is 12.5 Å². The van der Waals surface area contributed by atoms with E-state index in [0.29, 0.717) is 12.0 Å². The molecule has 1 unspecified atom stereocenters. The first-order chi connectivity index (χ1) is 9.03. The minimum atomic E-state index is -3.02. The number of rotatable bonds is 2. The quantitative estimate of drug-likeness (QED) is 0.797. The minimum Gasteiger partial charge on any atom is -0.458 e. The second-order valence-corrected chi connectivity index (χ2v) is 7.78. The zero-order chi connectivity index (χ0) is 13.5. The molecule has 0 spiro atoms. The largest absolute Gasteiger partial charge is 0.458 e. The summed E-state index contributed by atoms with van der Waals surface area (Å²) in [6, 6.07) is 7.31. The first-order valence-electron chi connectivity index (χ1n) is 5.92. The minimum absolute atomic E-state index is 0.0561. The Hall–Kier alpha value is -1.40. The number of thiophene rings is 1. The lowest BCUT2D eigenvalue weighted by atomic mass is 10.2. The van der Waals surface area contributed by atoms with Crippen molar-refractivity contribution in [2.24, 2.45) is 0 Å². The van der Waals surface area contributed by atoms with E-state index < -0.39 is 21.9 Å². The molecule has 3 rings (SSSR count). The molecule has 0 aliphatic carbocycles. The third-order valence-electron chi connectivity index (χ3n) is 3.15. The zero-order valence-electron chi connectivity index (χ0n) is 10.0. The van der Waals surface area contributed by atoms with Gasteiger partial charge in [-0.3, -0.25) is 0 Å². The SMILES string of the molecule is O=C(OC1CCS(=O)(=O)C1)c1ccc2sccc2c1. The van der Waals surface area contributed by atoms with Crippen LogP contribution in [-0.2, 0) is 14.6 Å². The molecule has 19 heavy (non-hydrogen) atoms. The lowest BCUT2D eigenvalue weighted by Crippen LogP contribution is -2.19. The van der Waals surface area contributed by atoms with Crippen molar-refractivity contribution in [1.82, 2.24) is 0 Å². The van der Waals surface area contributed by atoms with E-state index >= 15 is 0 Å². The van der Waals surface area contributed by atoms with Crippen molar-refractivity contribution >= 4 is 37.2 Å².